The predicted molar refractivity (Wildman–Crippen MR) is 85.3 cm³/mol. The van der Waals surface area contributed by atoms with Crippen LogP contribution >= 0.6 is 31.9 Å². The molecule has 0 radical (unpaired) electrons. The highest BCUT2D eigenvalue weighted by molar-refractivity contribution is 9.11. The van der Waals surface area contributed by atoms with E-state index in [-0.39, 0.29) is 6.04 Å². The molecule has 1 atom stereocenters. The average molecular weight is 402 g/mol. The molecular formula is C14H14Br2N2O2. The number of nitrogens with two attached hydrogens (primary N) is 1. The molecule has 0 saturated carbocycles. The standard InChI is InChI=1S/C14H14Br2N2O2/c1-8(17)9-3-4-18-14(5-9)20-13-7-10(15)12(19-2)6-11(13)16/h3-8H,17H2,1-2H3. The fourth-order valence-electron chi connectivity index (χ4n) is 1.62. The quantitative estimate of drug-likeness (QED) is 0.823. The van der Waals surface area contributed by atoms with Gasteiger partial charge in [0.2, 0.25) is 5.88 Å². The van der Waals surface area contributed by atoms with Gasteiger partial charge in [-0.2, -0.15) is 0 Å². The van der Waals surface area contributed by atoms with Gasteiger partial charge in [-0.15, -0.1) is 0 Å². The summed E-state index contributed by atoms with van der Waals surface area (Å²) >= 11 is 6.88. The van der Waals surface area contributed by atoms with E-state index in [0.29, 0.717) is 11.6 Å². The molecule has 1 unspecified atom stereocenters. The lowest BCUT2D eigenvalue weighted by Gasteiger charge is -2.11. The maximum atomic E-state index is 5.85. The van der Waals surface area contributed by atoms with Gasteiger partial charge in [0.1, 0.15) is 11.5 Å². The number of hydrogen-bond acceptors (Lipinski definition) is 4. The lowest BCUT2D eigenvalue weighted by atomic mass is 10.1. The Hall–Kier alpha value is -1.11. The van der Waals surface area contributed by atoms with Crippen LogP contribution in [0.2, 0.25) is 0 Å². The maximum Gasteiger partial charge on any atom is 0.219 e. The summed E-state index contributed by atoms with van der Waals surface area (Å²) in [6, 6.07) is 7.29. The molecule has 106 valence electrons. The van der Waals surface area contributed by atoms with Gasteiger partial charge in [0.05, 0.1) is 16.1 Å². The van der Waals surface area contributed by atoms with Crippen LogP contribution in [-0.4, -0.2) is 12.1 Å². The number of benzene rings is 1. The zero-order valence-corrected chi connectivity index (χ0v) is 14.2. The minimum Gasteiger partial charge on any atom is -0.496 e. The Bertz CT molecular complexity index is 618. The van der Waals surface area contributed by atoms with Crippen LogP contribution in [0.4, 0.5) is 0 Å². The zero-order valence-electron chi connectivity index (χ0n) is 11.1. The van der Waals surface area contributed by atoms with Crippen LogP contribution in [-0.2, 0) is 0 Å². The Morgan fingerprint density at radius 2 is 1.80 bits per heavy atom. The van der Waals surface area contributed by atoms with Crippen LogP contribution < -0.4 is 15.2 Å². The molecule has 0 saturated heterocycles. The van der Waals surface area contributed by atoms with Gasteiger partial charge in [-0.3, -0.25) is 0 Å². The van der Waals surface area contributed by atoms with Crippen molar-refractivity contribution >= 4 is 31.9 Å². The van der Waals surface area contributed by atoms with E-state index in [9.17, 15) is 0 Å². The largest absolute Gasteiger partial charge is 0.496 e. The number of methoxy groups -OCH3 is 1. The first-order valence-corrected chi connectivity index (χ1v) is 7.52. The van der Waals surface area contributed by atoms with Crippen molar-refractivity contribution in [1.29, 1.82) is 0 Å². The van der Waals surface area contributed by atoms with E-state index in [0.717, 1.165) is 20.3 Å². The number of ether oxygens (including phenoxy) is 2. The minimum absolute atomic E-state index is 0.0635. The molecule has 2 rings (SSSR count). The highest BCUT2D eigenvalue weighted by atomic mass is 79.9. The van der Waals surface area contributed by atoms with Crippen molar-refractivity contribution in [1.82, 2.24) is 4.98 Å². The molecule has 1 aromatic carbocycles. The Kier molecular flexibility index (Phi) is 5.01. The number of nitrogens with zero attached hydrogens (tertiary/aromatic N) is 1. The third kappa shape index (κ3) is 3.50. The highest BCUT2D eigenvalue weighted by Gasteiger charge is 2.10. The number of aromatic nitrogens is 1. The van der Waals surface area contributed by atoms with E-state index >= 15 is 0 Å². The van der Waals surface area contributed by atoms with Crippen molar-refractivity contribution in [2.24, 2.45) is 5.73 Å². The fraction of sp³-hybridized carbons (Fsp3) is 0.214. The zero-order chi connectivity index (χ0) is 14.7. The molecule has 6 heteroatoms. The summed E-state index contributed by atoms with van der Waals surface area (Å²) in [4.78, 5) is 4.19. The monoisotopic (exact) mass is 400 g/mol. The molecule has 2 aromatic rings. The smallest absolute Gasteiger partial charge is 0.219 e. The van der Waals surface area contributed by atoms with Crippen molar-refractivity contribution in [3.05, 3.63) is 45.0 Å². The molecule has 0 bridgehead atoms. The number of halogens is 2. The van der Waals surface area contributed by atoms with Crippen molar-refractivity contribution in [2.45, 2.75) is 13.0 Å². The van der Waals surface area contributed by atoms with Gasteiger partial charge in [0.15, 0.2) is 0 Å². The van der Waals surface area contributed by atoms with Gasteiger partial charge < -0.3 is 15.2 Å². The van der Waals surface area contributed by atoms with E-state index in [2.05, 4.69) is 36.8 Å². The van der Waals surface area contributed by atoms with Crippen LogP contribution in [0.15, 0.2) is 39.4 Å². The summed E-state index contributed by atoms with van der Waals surface area (Å²) < 4.78 is 12.6. The van der Waals surface area contributed by atoms with Gasteiger partial charge >= 0.3 is 0 Å². The lowest BCUT2D eigenvalue weighted by molar-refractivity contribution is 0.408. The SMILES string of the molecule is COc1cc(Br)c(Oc2cc(C(C)N)ccn2)cc1Br. The summed E-state index contributed by atoms with van der Waals surface area (Å²) in [5.41, 5.74) is 6.82. The van der Waals surface area contributed by atoms with E-state index in [4.69, 9.17) is 15.2 Å². The van der Waals surface area contributed by atoms with E-state index < -0.39 is 0 Å². The van der Waals surface area contributed by atoms with Crippen LogP contribution in [0.25, 0.3) is 0 Å². The van der Waals surface area contributed by atoms with Gasteiger partial charge in [-0.1, -0.05) is 0 Å². The average Bonchev–Trinajstić information content (AvgIpc) is 2.42. The predicted octanol–water partition coefficient (Wildman–Crippen LogP) is 4.43. The molecule has 0 amide bonds. The fourth-order valence-corrected chi connectivity index (χ4v) is 2.51. The van der Waals surface area contributed by atoms with Crippen molar-refractivity contribution in [2.75, 3.05) is 7.11 Å². The highest BCUT2D eigenvalue weighted by Crippen LogP contribution is 2.37. The van der Waals surface area contributed by atoms with Gasteiger partial charge in [0, 0.05) is 18.3 Å². The summed E-state index contributed by atoms with van der Waals surface area (Å²) in [6.45, 7) is 1.92. The second-order valence-electron chi connectivity index (χ2n) is 4.24. The maximum absolute atomic E-state index is 5.85. The summed E-state index contributed by atoms with van der Waals surface area (Å²) in [7, 11) is 1.61. The molecule has 2 N–H and O–H groups in total. The van der Waals surface area contributed by atoms with Crippen molar-refractivity contribution < 1.29 is 9.47 Å². The molecule has 1 heterocycles. The van der Waals surface area contributed by atoms with Crippen molar-refractivity contribution in [3.63, 3.8) is 0 Å². The van der Waals surface area contributed by atoms with Crippen LogP contribution in [0.1, 0.15) is 18.5 Å². The third-order valence-corrected chi connectivity index (χ3v) is 3.94. The van der Waals surface area contributed by atoms with E-state index in [1.165, 1.54) is 0 Å². The van der Waals surface area contributed by atoms with Gasteiger partial charge in [-0.25, -0.2) is 4.98 Å². The minimum atomic E-state index is -0.0635. The Morgan fingerprint density at radius 3 is 2.45 bits per heavy atom. The third-order valence-electron chi connectivity index (χ3n) is 2.71. The van der Waals surface area contributed by atoms with Crippen molar-refractivity contribution in [3.8, 4) is 17.4 Å². The van der Waals surface area contributed by atoms with Gasteiger partial charge in [-0.05, 0) is 62.5 Å². The van der Waals surface area contributed by atoms with Gasteiger partial charge in [0.25, 0.3) is 0 Å². The molecule has 0 spiro atoms. The molecule has 0 aliphatic rings. The topological polar surface area (TPSA) is 57.4 Å². The summed E-state index contributed by atoms with van der Waals surface area (Å²) in [6.07, 6.45) is 1.68. The first kappa shape index (κ1) is 15.3. The molecule has 20 heavy (non-hydrogen) atoms. The molecule has 0 aliphatic heterocycles. The molecular weight excluding hydrogens is 388 g/mol. The Labute approximate surface area is 134 Å². The lowest BCUT2D eigenvalue weighted by Crippen LogP contribution is -2.05. The first-order chi connectivity index (χ1) is 9.51. The number of pyridine rings is 1. The molecule has 0 aliphatic carbocycles. The first-order valence-electron chi connectivity index (χ1n) is 5.93. The van der Waals surface area contributed by atoms with E-state index in [1.807, 2.05) is 31.2 Å². The van der Waals surface area contributed by atoms with Crippen LogP contribution in [0.3, 0.4) is 0 Å². The van der Waals surface area contributed by atoms with Crippen LogP contribution in [0, 0.1) is 0 Å². The summed E-state index contributed by atoms with van der Waals surface area (Å²) in [5.74, 6) is 1.87. The molecule has 4 nitrogen and oxygen atoms in total. The summed E-state index contributed by atoms with van der Waals surface area (Å²) in [5, 5.41) is 0. The normalized spacial score (nSPS) is 12.1. The molecule has 1 aromatic heterocycles. The molecule has 0 fully saturated rings. The van der Waals surface area contributed by atoms with Crippen LogP contribution in [0.5, 0.6) is 17.4 Å². The number of rotatable bonds is 4. The Balaban J connectivity index is 2.30. The second kappa shape index (κ2) is 6.56. The Morgan fingerprint density at radius 1 is 1.15 bits per heavy atom. The second-order valence-corrected chi connectivity index (χ2v) is 5.94. The van der Waals surface area contributed by atoms with E-state index in [1.54, 1.807) is 13.3 Å². The number of hydrogen-bond donors (Lipinski definition) is 1.